The lowest BCUT2D eigenvalue weighted by molar-refractivity contribution is 0.763. The predicted molar refractivity (Wildman–Crippen MR) is 40.2 cm³/mol. The van der Waals surface area contributed by atoms with Gasteiger partial charge in [0.1, 0.15) is 6.33 Å². The Hall–Kier alpha value is -1.45. The molecular formula is C7H8N4. The Morgan fingerprint density at radius 1 is 1.45 bits per heavy atom. The molecule has 0 saturated heterocycles. The van der Waals surface area contributed by atoms with Crippen molar-refractivity contribution in [1.29, 1.82) is 0 Å². The lowest BCUT2D eigenvalue weighted by Gasteiger charge is -1.93. The molecule has 4 nitrogen and oxygen atoms in total. The Balaban J connectivity index is 2.67. The van der Waals surface area contributed by atoms with Crippen LogP contribution in [0, 0.1) is 0 Å². The third-order valence-corrected chi connectivity index (χ3v) is 1.57. The van der Waals surface area contributed by atoms with Gasteiger partial charge in [-0.2, -0.15) is 5.10 Å². The van der Waals surface area contributed by atoms with Gasteiger partial charge in [0, 0.05) is 0 Å². The van der Waals surface area contributed by atoms with E-state index >= 15 is 0 Å². The highest BCUT2D eigenvalue weighted by molar-refractivity contribution is 5.33. The van der Waals surface area contributed by atoms with E-state index < -0.39 is 0 Å². The molecule has 0 spiro atoms. The lowest BCUT2D eigenvalue weighted by atomic mass is 10.3. The zero-order valence-corrected chi connectivity index (χ0v) is 6.23. The van der Waals surface area contributed by atoms with Crippen molar-refractivity contribution < 1.29 is 0 Å². The molecule has 0 N–H and O–H groups in total. The molecule has 2 heterocycles. The van der Waals surface area contributed by atoms with E-state index in [0.717, 1.165) is 17.8 Å². The van der Waals surface area contributed by atoms with Crippen LogP contribution in [-0.2, 0) is 6.42 Å². The molecular weight excluding hydrogens is 140 g/mol. The molecule has 0 bridgehead atoms. The predicted octanol–water partition coefficient (Wildman–Crippen LogP) is 0.687. The number of hydrogen-bond donors (Lipinski definition) is 0. The first-order valence-corrected chi connectivity index (χ1v) is 3.56. The molecule has 2 rings (SSSR count). The molecule has 0 aliphatic heterocycles. The summed E-state index contributed by atoms with van der Waals surface area (Å²) in [6.45, 7) is 2.06. The first-order chi connectivity index (χ1) is 5.40. The van der Waals surface area contributed by atoms with Crippen molar-refractivity contribution in [3.05, 3.63) is 24.2 Å². The molecule has 0 aromatic carbocycles. The molecule has 0 atom stereocenters. The Kier molecular flexibility index (Phi) is 1.31. The largest absolute Gasteiger partial charge is 0.213 e. The van der Waals surface area contributed by atoms with Crippen molar-refractivity contribution in [3.8, 4) is 0 Å². The number of rotatable bonds is 1. The Morgan fingerprint density at radius 2 is 2.36 bits per heavy atom. The molecule has 4 heteroatoms. The highest BCUT2D eigenvalue weighted by Gasteiger charge is 1.95. The van der Waals surface area contributed by atoms with Gasteiger partial charge in [0.15, 0.2) is 5.65 Å². The summed E-state index contributed by atoms with van der Waals surface area (Å²) in [5, 5.41) is 8.12. The average Bonchev–Trinajstić information content (AvgIpc) is 2.50. The van der Waals surface area contributed by atoms with Crippen molar-refractivity contribution >= 4 is 5.65 Å². The molecule has 0 aliphatic carbocycles. The van der Waals surface area contributed by atoms with Crippen LogP contribution in [0.3, 0.4) is 0 Å². The summed E-state index contributed by atoms with van der Waals surface area (Å²) in [6.07, 6.45) is 2.43. The maximum Gasteiger partial charge on any atom is 0.176 e. The number of fused-ring (bicyclic) bond motifs is 1. The number of aromatic nitrogens is 4. The molecule has 2 aromatic rings. The molecule has 0 fully saturated rings. The van der Waals surface area contributed by atoms with Crippen LogP contribution in [0.5, 0.6) is 0 Å². The summed E-state index contributed by atoms with van der Waals surface area (Å²) in [4.78, 5) is 3.98. The summed E-state index contributed by atoms with van der Waals surface area (Å²) in [6, 6.07) is 3.88. The highest BCUT2D eigenvalue weighted by atomic mass is 15.4. The summed E-state index contributed by atoms with van der Waals surface area (Å²) < 4.78 is 1.54. The van der Waals surface area contributed by atoms with Gasteiger partial charge in [0.05, 0.1) is 5.69 Å². The maximum absolute atomic E-state index is 4.20. The minimum absolute atomic E-state index is 0.794. The SMILES string of the molecule is CCc1ccc2ncnn2n1. The Bertz CT molecular complexity index is 365. The molecule has 11 heavy (non-hydrogen) atoms. The topological polar surface area (TPSA) is 43.1 Å². The quantitative estimate of drug-likeness (QED) is 0.597. The van der Waals surface area contributed by atoms with Crippen LogP contribution >= 0.6 is 0 Å². The monoisotopic (exact) mass is 148 g/mol. The summed E-state index contributed by atoms with van der Waals surface area (Å²) in [7, 11) is 0. The Morgan fingerprint density at radius 3 is 3.18 bits per heavy atom. The normalized spacial score (nSPS) is 10.6. The zero-order chi connectivity index (χ0) is 7.68. The summed E-state index contributed by atoms with van der Waals surface area (Å²) in [5.41, 5.74) is 1.82. The van der Waals surface area contributed by atoms with E-state index in [0.29, 0.717) is 0 Å². The van der Waals surface area contributed by atoms with Crippen LogP contribution < -0.4 is 0 Å². The minimum Gasteiger partial charge on any atom is -0.213 e. The van der Waals surface area contributed by atoms with Gasteiger partial charge in [-0.25, -0.2) is 4.98 Å². The molecule has 0 unspecified atom stereocenters. The van der Waals surface area contributed by atoms with Gasteiger partial charge in [-0.3, -0.25) is 0 Å². The van der Waals surface area contributed by atoms with Crippen molar-refractivity contribution in [2.45, 2.75) is 13.3 Å². The van der Waals surface area contributed by atoms with Gasteiger partial charge in [-0.15, -0.1) is 9.73 Å². The maximum atomic E-state index is 4.20. The zero-order valence-electron chi connectivity index (χ0n) is 6.23. The fourth-order valence-corrected chi connectivity index (χ4v) is 0.946. The van der Waals surface area contributed by atoms with E-state index in [1.807, 2.05) is 12.1 Å². The lowest BCUT2D eigenvalue weighted by Crippen LogP contribution is -1.97. The fourth-order valence-electron chi connectivity index (χ4n) is 0.946. The van der Waals surface area contributed by atoms with Gasteiger partial charge < -0.3 is 0 Å². The standard InChI is InChI=1S/C7H8N4/c1-2-6-3-4-7-8-5-9-11(7)10-6/h3-5H,2H2,1H3. The minimum atomic E-state index is 0.794. The summed E-state index contributed by atoms with van der Waals surface area (Å²) >= 11 is 0. The molecule has 2 aromatic heterocycles. The van der Waals surface area contributed by atoms with Crippen molar-refractivity contribution in [3.63, 3.8) is 0 Å². The van der Waals surface area contributed by atoms with E-state index in [1.165, 1.54) is 6.33 Å². The van der Waals surface area contributed by atoms with Gasteiger partial charge in [0.2, 0.25) is 0 Å². The van der Waals surface area contributed by atoms with Crippen molar-refractivity contribution in [1.82, 2.24) is 19.8 Å². The second-order valence-electron chi connectivity index (χ2n) is 2.29. The molecule has 0 radical (unpaired) electrons. The van der Waals surface area contributed by atoms with Crippen LogP contribution in [0.1, 0.15) is 12.6 Å². The number of nitrogens with zero attached hydrogens (tertiary/aromatic N) is 4. The van der Waals surface area contributed by atoms with Crippen LogP contribution in [-0.4, -0.2) is 19.8 Å². The molecule has 56 valence electrons. The van der Waals surface area contributed by atoms with E-state index in [1.54, 1.807) is 4.63 Å². The highest BCUT2D eigenvalue weighted by Crippen LogP contribution is 1.98. The smallest absolute Gasteiger partial charge is 0.176 e. The fraction of sp³-hybridized carbons (Fsp3) is 0.286. The van der Waals surface area contributed by atoms with Crippen LogP contribution in [0.15, 0.2) is 18.5 Å². The van der Waals surface area contributed by atoms with E-state index in [4.69, 9.17) is 0 Å². The third-order valence-electron chi connectivity index (χ3n) is 1.57. The van der Waals surface area contributed by atoms with Gasteiger partial charge >= 0.3 is 0 Å². The summed E-state index contributed by atoms with van der Waals surface area (Å²) in [5.74, 6) is 0. The van der Waals surface area contributed by atoms with Crippen LogP contribution in [0.25, 0.3) is 5.65 Å². The van der Waals surface area contributed by atoms with Gasteiger partial charge in [0.25, 0.3) is 0 Å². The third kappa shape index (κ3) is 0.960. The van der Waals surface area contributed by atoms with Crippen molar-refractivity contribution in [2.75, 3.05) is 0 Å². The first kappa shape index (κ1) is 6.27. The van der Waals surface area contributed by atoms with E-state index in [2.05, 4.69) is 22.1 Å². The van der Waals surface area contributed by atoms with Crippen LogP contribution in [0.2, 0.25) is 0 Å². The van der Waals surface area contributed by atoms with Gasteiger partial charge in [-0.1, -0.05) is 6.92 Å². The Labute approximate surface area is 63.9 Å². The van der Waals surface area contributed by atoms with E-state index in [9.17, 15) is 0 Å². The molecule has 0 aliphatic rings. The van der Waals surface area contributed by atoms with Crippen LogP contribution in [0.4, 0.5) is 0 Å². The second-order valence-corrected chi connectivity index (χ2v) is 2.29. The second kappa shape index (κ2) is 2.30. The molecule has 0 saturated carbocycles. The number of aryl methyl sites for hydroxylation is 1. The molecule has 0 amide bonds. The average molecular weight is 148 g/mol. The van der Waals surface area contributed by atoms with E-state index in [-0.39, 0.29) is 0 Å². The first-order valence-electron chi connectivity index (χ1n) is 3.56. The van der Waals surface area contributed by atoms with Crippen molar-refractivity contribution in [2.24, 2.45) is 0 Å². The van der Waals surface area contributed by atoms with Gasteiger partial charge in [-0.05, 0) is 18.6 Å². The number of hydrogen-bond acceptors (Lipinski definition) is 3.